The molecule has 0 atom stereocenters. The number of rotatable bonds is 6. The van der Waals surface area contributed by atoms with Gasteiger partial charge in [-0.15, -0.1) is 0 Å². The van der Waals surface area contributed by atoms with Gasteiger partial charge in [0.15, 0.2) is 0 Å². The van der Waals surface area contributed by atoms with Gasteiger partial charge in [0, 0.05) is 5.25 Å². The van der Waals surface area contributed by atoms with Crippen molar-refractivity contribution in [2.24, 2.45) is 0 Å². The largest absolute Gasteiger partial charge is 0.461 e. The molecular formula is C11H16F2O3S. The molecular weight excluding hydrogens is 250 g/mol. The Morgan fingerprint density at radius 3 is 2.47 bits per heavy atom. The van der Waals surface area contributed by atoms with Gasteiger partial charge in [-0.1, -0.05) is 12.8 Å². The number of alkyl halides is 2. The Bertz CT molecular complexity index is 288. The fourth-order valence-corrected chi connectivity index (χ4v) is 2.91. The number of ether oxygens (including phenoxy) is 1. The number of hydrogen-bond acceptors (Lipinski definition) is 4. The van der Waals surface area contributed by atoms with Gasteiger partial charge in [0.05, 0.1) is 12.4 Å². The maximum absolute atomic E-state index is 13.2. The van der Waals surface area contributed by atoms with Crippen molar-refractivity contribution < 1.29 is 23.1 Å². The van der Waals surface area contributed by atoms with Crippen LogP contribution in [0, 0.1) is 0 Å². The van der Waals surface area contributed by atoms with Gasteiger partial charge >= 0.3 is 11.9 Å². The minimum atomic E-state index is -4.00. The second-order valence-electron chi connectivity index (χ2n) is 3.94. The Balaban J connectivity index is 2.41. The fraction of sp³-hybridized carbons (Fsp3) is 0.818. The molecule has 0 radical (unpaired) electrons. The first-order chi connectivity index (χ1) is 7.98. The minimum Gasteiger partial charge on any atom is -0.461 e. The van der Waals surface area contributed by atoms with Gasteiger partial charge in [-0.3, -0.25) is 4.79 Å². The summed E-state index contributed by atoms with van der Waals surface area (Å²) in [7, 11) is 0. The highest BCUT2D eigenvalue weighted by Gasteiger charge is 2.48. The number of esters is 1. The standard InChI is InChI=1S/C11H16F2O3S/c1-2-16-10(15)11(12,13)9(14)7-17-8-5-3-4-6-8/h8H,2-7H2,1H3. The molecule has 0 N–H and O–H groups in total. The van der Waals surface area contributed by atoms with Crippen LogP contribution in [0.15, 0.2) is 0 Å². The van der Waals surface area contributed by atoms with E-state index in [9.17, 15) is 18.4 Å². The predicted molar refractivity (Wildman–Crippen MR) is 61.3 cm³/mol. The van der Waals surface area contributed by atoms with Crippen molar-refractivity contribution in [3.63, 3.8) is 0 Å². The molecule has 0 aliphatic heterocycles. The van der Waals surface area contributed by atoms with E-state index in [-0.39, 0.29) is 17.6 Å². The van der Waals surface area contributed by atoms with Crippen LogP contribution in [0.3, 0.4) is 0 Å². The number of ketones is 1. The van der Waals surface area contributed by atoms with Gasteiger partial charge in [0.25, 0.3) is 0 Å². The van der Waals surface area contributed by atoms with Crippen LogP contribution in [0.1, 0.15) is 32.6 Å². The van der Waals surface area contributed by atoms with Crippen molar-refractivity contribution in [2.45, 2.75) is 43.8 Å². The van der Waals surface area contributed by atoms with Gasteiger partial charge in [0.2, 0.25) is 5.78 Å². The SMILES string of the molecule is CCOC(=O)C(F)(F)C(=O)CSC1CCCC1. The molecule has 1 fully saturated rings. The average molecular weight is 266 g/mol. The second kappa shape index (κ2) is 6.33. The van der Waals surface area contributed by atoms with Crippen LogP contribution in [-0.4, -0.2) is 35.3 Å². The lowest BCUT2D eigenvalue weighted by atomic mass is 10.2. The lowest BCUT2D eigenvalue weighted by Gasteiger charge is -2.14. The molecule has 0 amide bonds. The molecule has 0 spiro atoms. The number of hydrogen-bond donors (Lipinski definition) is 0. The van der Waals surface area contributed by atoms with Gasteiger partial charge in [-0.05, 0) is 19.8 Å². The monoisotopic (exact) mass is 266 g/mol. The van der Waals surface area contributed by atoms with E-state index < -0.39 is 17.7 Å². The number of Topliss-reactive ketones (excluding diaryl/α,β-unsaturated/α-hetero) is 1. The van der Waals surface area contributed by atoms with E-state index in [2.05, 4.69) is 4.74 Å². The Labute approximate surface area is 103 Å². The van der Waals surface area contributed by atoms with Crippen LogP contribution in [0.25, 0.3) is 0 Å². The van der Waals surface area contributed by atoms with E-state index >= 15 is 0 Å². The molecule has 0 aromatic heterocycles. The average Bonchev–Trinajstić information content (AvgIpc) is 2.78. The smallest absolute Gasteiger partial charge is 0.400 e. The highest BCUT2D eigenvalue weighted by atomic mass is 32.2. The van der Waals surface area contributed by atoms with Gasteiger partial charge < -0.3 is 4.74 Å². The molecule has 1 aliphatic carbocycles. The van der Waals surface area contributed by atoms with Gasteiger partial charge in [-0.2, -0.15) is 20.5 Å². The van der Waals surface area contributed by atoms with E-state index in [1.165, 1.54) is 18.7 Å². The predicted octanol–water partition coefficient (Wildman–Crippen LogP) is 2.43. The molecule has 0 bridgehead atoms. The van der Waals surface area contributed by atoms with E-state index in [0.29, 0.717) is 0 Å². The molecule has 3 nitrogen and oxygen atoms in total. The first-order valence-corrected chi connectivity index (χ1v) is 6.73. The van der Waals surface area contributed by atoms with E-state index in [0.717, 1.165) is 25.7 Å². The topological polar surface area (TPSA) is 43.4 Å². The van der Waals surface area contributed by atoms with Crippen molar-refractivity contribution >= 4 is 23.5 Å². The molecule has 1 aliphatic rings. The molecule has 17 heavy (non-hydrogen) atoms. The Kier molecular flexibility index (Phi) is 5.36. The molecule has 1 saturated carbocycles. The Morgan fingerprint density at radius 2 is 1.94 bits per heavy atom. The first-order valence-electron chi connectivity index (χ1n) is 5.68. The highest BCUT2D eigenvalue weighted by molar-refractivity contribution is 8.00. The number of carbonyl (C=O) groups is 2. The third kappa shape index (κ3) is 3.94. The van der Waals surface area contributed by atoms with E-state index in [4.69, 9.17) is 0 Å². The van der Waals surface area contributed by atoms with E-state index in [1.807, 2.05) is 0 Å². The summed E-state index contributed by atoms with van der Waals surface area (Å²) in [6, 6.07) is 0. The van der Waals surface area contributed by atoms with Crippen LogP contribution >= 0.6 is 11.8 Å². The van der Waals surface area contributed by atoms with Crippen LogP contribution in [0.5, 0.6) is 0 Å². The quantitative estimate of drug-likeness (QED) is 0.547. The normalized spacial score (nSPS) is 17.1. The lowest BCUT2D eigenvalue weighted by Crippen LogP contribution is -2.40. The zero-order chi connectivity index (χ0) is 12.9. The molecule has 6 heteroatoms. The van der Waals surface area contributed by atoms with Crippen LogP contribution in [0.2, 0.25) is 0 Å². The van der Waals surface area contributed by atoms with Crippen molar-refractivity contribution in [3.05, 3.63) is 0 Å². The van der Waals surface area contributed by atoms with Gasteiger partial charge in [-0.25, -0.2) is 4.79 Å². The molecule has 0 saturated heterocycles. The summed E-state index contributed by atoms with van der Waals surface area (Å²) >= 11 is 1.22. The fourth-order valence-electron chi connectivity index (χ4n) is 1.67. The molecule has 0 unspecified atom stereocenters. The maximum atomic E-state index is 13.2. The Morgan fingerprint density at radius 1 is 1.35 bits per heavy atom. The molecule has 0 heterocycles. The maximum Gasteiger partial charge on any atom is 0.400 e. The number of carbonyl (C=O) groups excluding carboxylic acids is 2. The summed E-state index contributed by atoms with van der Waals surface area (Å²) in [4.78, 5) is 22.2. The summed E-state index contributed by atoms with van der Waals surface area (Å²) in [5.41, 5.74) is 0. The number of halogens is 2. The molecule has 1 rings (SSSR count). The summed E-state index contributed by atoms with van der Waals surface area (Å²) in [6.45, 7) is 1.27. The highest BCUT2D eigenvalue weighted by Crippen LogP contribution is 2.30. The Hall–Kier alpha value is -0.650. The van der Waals surface area contributed by atoms with Crippen molar-refractivity contribution in [2.75, 3.05) is 12.4 Å². The number of thioether (sulfide) groups is 1. The van der Waals surface area contributed by atoms with Gasteiger partial charge in [0.1, 0.15) is 0 Å². The molecule has 98 valence electrons. The third-order valence-corrected chi connectivity index (χ3v) is 4.01. The first kappa shape index (κ1) is 14.4. The second-order valence-corrected chi connectivity index (χ2v) is 5.22. The van der Waals surface area contributed by atoms with Crippen LogP contribution < -0.4 is 0 Å². The summed E-state index contributed by atoms with van der Waals surface area (Å²) in [5.74, 6) is -7.41. The van der Waals surface area contributed by atoms with Crippen molar-refractivity contribution in [3.8, 4) is 0 Å². The summed E-state index contributed by atoms with van der Waals surface area (Å²) in [6.07, 6.45) is 4.09. The van der Waals surface area contributed by atoms with Crippen molar-refractivity contribution in [1.82, 2.24) is 0 Å². The zero-order valence-corrected chi connectivity index (χ0v) is 10.5. The summed E-state index contributed by atoms with van der Waals surface area (Å²) < 4.78 is 30.6. The van der Waals surface area contributed by atoms with Crippen LogP contribution in [-0.2, 0) is 14.3 Å². The van der Waals surface area contributed by atoms with Crippen LogP contribution in [0.4, 0.5) is 8.78 Å². The molecule has 0 aromatic rings. The molecule has 0 aromatic carbocycles. The minimum absolute atomic E-state index is 0.155. The summed E-state index contributed by atoms with van der Waals surface area (Å²) in [5, 5.41) is 0.275. The zero-order valence-electron chi connectivity index (χ0n) is 9.71. The van der Waals surface area contributed by atoms with Crippen molar-refractivity contribution in [1.29, 1.82) is 0 Å². The lowest BCUT2D eigenvalue weighted by molar-refractivity contribution is -0.175. The van der Waals surface area contributed by atoms with E-state index in [1.54, 1.807) is 0 Å². The third-order valence-electron chi connectivity index (χ3n) is 2.63.